The lowest BCUT2D eigenvalue weighted by molar-refractivity contribution is 0.440. The Balaban J connectivity index is 2.50. The molecule has 70 valence electrons. The molecule has 0 aromatic rings. The van der Waals surface area contributed by atoms with Crippen LogP contribution in [0.25, 0.3) is 0 Å². The molecule has 0 aromatic carbocycles. The summed E-state index contributed by atoms with van der Waals surface area (Å²) in [5, 5.41) is 0. The number of likely N-dealkylation sites (tertiary alicyclic amines) is 1. The molecular formula is C11H16N2. The number of hydrogen-bond donors (Lipinski definition) is 0. The van der Waals surface area contributed by atoms with Crippen LogP contribution >= 0.6 is 0 Å². The van der Waals surface area contributed by atoms with Gasteiger partial charge in [-0.3, -0.25) is 4.99 Å². The molecule has 0 N–H and O–H groups in total. The maximum absolute atomic E-state index is 3.99. The normalized spacial score (nSPS) is 16.5. The summed E-state index contributed by atoms with van der Waals surface area (Å²) in [7, 11) is 0. The van der Waals surface area contributed by atoms with Gasteiger partial charge in [-0.2, -0.15) is 0 Å². The molecule has 0 aromatic heterocycles. The van der Waals surface area contributed by atoms with Gasteiger partial charge >= 0.3 is 0 Å². The van der Waals surface area contributed by atoms with Gasteiger partial charge in [0.05, 0.1) is 0 Å². The predicted octanol–water partition coefficient (Wildman–Crippen LogP) is 2.37. The van der Waals surface area contributed by atoms with Gasteiger partial charge in [0, 0.05) is 36.8 Å². The van der Waals surface area contributed by atoms with E-state index in [1.165, 1.54) is 19.0 Å². The fraction of sp³-hybridized carbons (Fsp3) is 0.364. The third-order valence-electron chi connectivity index (χ3n) is 2.19. The summed E-state index contributed by atoms with van der Waals surface area (Å²) in [4.78, 5) is 6.16. The van der Waals surface area contributed by atoms with Crippen LogP contribution in [0.2, 0.25) is 0 Å². The molecule has 0 saturated carbocycles. The van der Waals surface area contributed by atoms with E-state index in [2.05, 4.69) is 29.6 Å². The highest BCUT2D eigenvalue weighted by molar-refractivity contribution is 5.83. The number of aliphatic imine (C=N–C) groups is 1. The van der Waals surface area contributed by atoms with Crippen molar-refractivity contribution in [3.63, 3.8) is 0 Å². The maximum Gasteiger partial charge on any atom is 0.0376 e. The fourth-order valence-corrected chi connectivity index (χ4v) is 1.41. The van der Waals surface area contributed by atoms with Crippen molar-refractivity contribution in [1.82, 2.24) is 4.90 Å². The molecule has 0 bridgehead atoms. The molecule has 1 saturated heterocycles. The lowest BCUT2D eigenvalue weighted by Crippen LogP contribution is -2.19. The Morgan fingerprint density at radius 1 is 1.23 bits per heavy atom. The average molecular weight is 176 g/mol. The number of hydrogen-bond acceptors (Lipinski definition) is 2. The van der Waals surface area contributed by atoms with Crippen LogP contribution in [0.3, 0.4) is 0 Å². The van der Waals surface area contributed by atoms with Gasteiger partial charge in [-0.1, -0.05) is 19.7 Å². The molecule has 1 rings (SSSR count). The smallest absolute Gasteiger partial charge is 0.0376 e. The lowest BCUT2D eigenvalue weighted by atomic mass is 10.2. The average Bonchev–Trinajstić information content (AvgIpc) is 2.65. The third-order valence-corrected chi connectivity index (χ3v) is 2.19. The quantitative estimate of drug-likeness (QED) is 0.474. The number of allylic oxidation sites excluding steroid dienone is 1. The molecule has 13 heavy (non-hydrogen) atoms. The second-order valence-electron chi connectivity index (χ2n) is 3.13. The van der Waals surface area contributed by atoms with Crippen molar-refractivity contribution in [1.29, 1.82) is 0 Å². The topological polar surface area (TPSA) is 15.6 Å². The summed E-state index contributed by atoms with van der Waals surface area (Å²) in [6, 6.07) is 0. The van der Waals surface area contributed by atoms with Gasteiger partial charge in [0.15, 0.2) is 0 Å². The van der Waals surface area contributed by atoms with E-state index < -0.39 is 0 Å². The minimum atomic E-state index is 0.877. The second-order valence-corrected chi connectivity index (χ2v) is 3.13. The SMILES string of the molecule is C=CN=CC(=C)C(=C)N1CCCC1. The van der Waals surface area contributed by atoms with E-state index >= 15 is 0 Å². The minimum Gasteiger partial charge on any atom is -0.372 e. The van der Waals surface area contributed by atoms with Gasteiger partial charge in [-0.15, -0.1) is 0 Å². The Labute approximate surface area is 80.0 Å². The zero-order valence-electron chi connectivity index (χ0n) is 8.00. The van der Waals surface area contributed by atoms with Crippen LogP contribution in [0.5, 0.6) is 0 Å². The molecule has 0 radical (unpaired) electrons. The zero-order valence-corrected chi connectivity index (χ0v) is 8.00. The molecule has 2 heteroatoms. The Kier molecular flexibility index (Phi) is 3.50. The van der Waals surface area contributed by atoms with Crippen molar-refractivity contribution >= 4 is 6.21 Å². The number of nitrogens with zero attached hydrogens (tertiary/aromatic N) is 2. The first-order valence-corrected chi connectivity index (χ1v) is 4.53. The Hall–Kier alpha value is -1.31. The van der Waals surface area contributed by atoms with Crippen molar-refractivity contribution in [3.8, 4) is 0 Å². The first-order chi connectivity index (χ1) is 6.25. The second kappa shape index (κ2) is 4.65. The summed E-state index contributed by atoms with van der Waals surface area (Å²) in [6.07, 6.45) is 5.71. The summed E-state index contributed by atoms with van der Waals surface area (Å²) in [5.74, 6) is 0. The molecule has 1 aliphatic rings. The highest BCUT2D eigenvalue weighted by Gasteiger charge is 2.13. The zero-order chi connectivity index (χ0) is 9.68. The van der Waals surface area contributed by atoms with Gasteiger partial charge in [-0.05, 0) is 12.8 Å². The van der Waals surface area contributed by atoms with Crippen LogP contribution < -0.4 is 0 Å². The first-order valence-electron chi connectivity index (χ1n) is 4.53. The third kappa shape index (κ3) is 2.58. The minimum absolute atomic E-state index is 0.877. The van der Waals surface area contributed by atoms with Crippen LogP contribution in [0, 0.1) is 0 Å². The standard InChI is InChI=1S/C11H16N2/c1-4-12-9-10(2)11(3)13-7-5-6-8-13/h4,9H,1-3,5-8H2. The predicted molar refractivity (Wildman–Crippen MR) is 57.8 cm³/mol. The van der Waals surface area contributed by atoms with Gasteiger partial charge in [0.25, 0.3) is 0 Å². The lowest BCUT2D eigenvalue weighted by Gasteiger charge is -2.19. The largest absolute Gasteiger partial charge is 0.372 e. The Bertz CT molecular complexity index is 245. The Morgan fingerprint density at radius 2 is 1.85 bits per heavy atom. The van der Waals surface area contributed by atoms with Crippen molar-refractivity contribution < 1.29 is 0 Å². The monoisotopic (exact) mass is 176 g/mol. The summed E-state index contributed by atoms with van der Waals surface area (Å²) in [6.45, 7) is 13.6. The summed E-state index contributed by atoms with van der Waals surface area (Å²) in [5.41, 5.74) is 1.87. The molecule has 0 amide bonds. The van der Waals surface area contributed by atoms with Crippen LogP contribution in [0.4, 0.5) is 0 Å². The highest BCUT2D eigenvalue weighted by Crippen LogP contribution is 2.17. The van der Waals surface area contributed by atoms with E-state index in [0.717, 1.165) is 24.4 Å². The van der Waals surface area contributed by atoms with Crippen molar-refractivity contribution in [2.75, 3.05) is 13.1 Å². The molecular weight excluding hydrogens is 160 g/mol. The van der Waals surface area contributed by atoms with E-state index in [1.54, 1.807) is 6.21 Å². The summed E-state index contributed by atoms with van der Waals surface area (Å²) < 4.78 is 0. The first kappa shape index (κ1) is 9.78. The molecule has 2 nitrogen and oxygen atoms in total. The van der Waals surface area contributed by atoms with Crippen LogP contribution in [0.15, 0.2) is 42.2 Å². The van der Waals surface area contributed by atoms with Crippen molar-refractivity contribution in [2.24, 2.45) is 4.99 Å². The molecule has 1 heterocycles. The van der Waals surface area contributed by atoms with E-state index in [-0.39, 0.29) is 0 Å². The van der Waals surface area contributed by atoms with E-state index in [1.807, 2.05) is 0 Å². The van der Waals surface area contributed by atoms with Crippen LogP contribution in [-0.4, -0.2) is 24.2 Å². The van der Waals surface area contributed by atoms with Gasteiger partial charge in [0.1, 0.15) is 0 Å². The Morgan fingerprint density at radius 3 is 2.38 bits per heavy atom. The van der Waals surface area contributed by atoms with Gasteiger partial charge < -0.3 is 4.90 Å². The maximum atomic E-state index is 3.99. The van der Waals surface area contributed by atoms with E-state index in [4.69, 9.17) is 0 Å². The van der Waals surface area contributed by atoms with Gasteiger partial charge in [-0.25, -0.2) is 0 Å². The molecule has 0 aliphatic carbocycles. The van der Waals surface area contributed by atoms with Crippen molar-refractivity contribution in [3.05, 3.63) is 37.2 Å². The summed E-state index contributed by atoms with van der Waals surface area (Å²) >= 11 is 0. The fourth-order valence-electron chi connectivity index (χ4n) is 1.41. The van der Waals surface area contributed by atoms with E-state index in [0.29, 0.717) is 0 Å². The van der Waals surface area contributed by atoms with Crippen LogP contribution in [-0.2, 0) is 0 Å². The van der Waals surface area contributed by atoms with Crippen molar-refractivity contribution in [2.45, 2.75) is 12.8 Å². The molecule has 1 fully saturated rings. The molecule has 0 spiro atoms. The molecule has 0 unspecified atom stereocenters. The van der Waals surface area contributed by atoms with E-state index in [9.17, 15) is 0 Å². The highest BCUT2D eigenvalue weighted by atomic mass is 15.1. The number of rotatable bonds is 4. The van der Waals surface area contributed by atoms with Gasteiger partial charge in [0.2, 0.25) is 0 Å². The molecule has 1 aliphatic heterocycles. The molecule has 0 atom stereocenters. The van der Waals surface area contributed by atoms with Crippen LogP contribution in [0.1, 0.15) is 12.8 Å².